The van der Waals surface area contributed by atoms with Gasteiger partial charge in [0, 0.05) is 18.2 Å². The van der Waals surface area contributed by atoms with E-state index in [-0.39, 0.29) is 24.0 Å². The van der Waals surface area contributed by atoms with E-state index in [9.17, 15) is 9.59 Å². The largest absolute Gasteiger partial charge is 0.327 e. The highest BCUT2D eigenvalue weighted by atomic mass is 16.2. The van der Waals surface area contributed by atoms with Gasteiger partial charge >= 0.3 is 6.03 Å². The number of urea groups is 1. The molecule has 4 rings (SSSR count). The second-order valence-corrected chi connectivity index (χ2v) is 8.36. The number of hydrogen-bond donors (Lipinski definition) is 1. The highest BCUT2D eigenvalue weighted by molar-refractivity contribution is 6.04. The quantitative estimate of drug-likeness (QED) is 0.537. The summed E-state index contributed by atoms with van der Waals surface area (Å²) in [5.74, 6) is 0.531. The fourth-order valence-corrected chi connectivity index (χ4v) is 4.19. The third kappa shape index (κ3) is 4.12. The molecule has 0 aliphatic carbocycles. The average Bonchev–Trinajstić information content (AvgIpc) is 3.40. The molecule has 3 amide bonds. The van der Waals surface area contributed by atoms with Gasteiger partial charge in [-0.3, -0.25) is 9.69 Å². The number of rotatable bonds is 8. The lowest BCUT2D eigenvalue weighted by Gasteiger charge is -2.22. The molecule has 1 aliphatic rings. The van der Waals surface area contributed by atoms with Crippen molar-refractivity contribution in [1.82, 2.24) is 30.4 Å². The molecule has 1 atom stereocenters. The van der Waals surface area contributed by atoms with Crippen molar-refractivity contribution in [2.24, 2.45) is 0 Å². The van der Waals surface area contributed by atoms with Crippen LogP contribution in [0.15, 0.2) is 48.5 Å². The van der Waals surface area contributed by atoms with Crippen molar-refractivity contribution in [2.75, 3.05) is 0 Å². The first-order valence-electron chi connectivity index (χ1n) is 11.1. The van der Waals surface area contributed by atoms with Gasteiger partial charge in [0.1, 0.15) is 6.04 Å². The van der Waals surface area contributed by atoms with Crippen molar-refractivity contribution in [3.05, 3.63) is 54.1 Å². The summed E-state index contributed by atoms with van der Waals surface area (Å²) in [5.41, 5.74) is 3.94. The van der Waals surface area contributed by atoms with Crippen molar-refractivity contribution < 1.29 is 9.59 Å². The van der Waals surface area contributed by atoms with Crippen molar-refractivity contribution in [3.8, 4) is 22.5 Å². The Morgan fingerprint density at radius 2 is 1.75 bits per heavy atom. The summed E-state index contributed by atoms with van der Waals surface area (Å²) >= 11 is 0. The topological polar surface area (TPSA) is 95.1 Å². The fraction of sp³-hybridized carbons (Fsp3) is 0.375. The number of benzene rings is 2. The average molecular weight is 433 g/mol. The second kappa shape index (κ2) is 9.30. The molecule has 0 spiro atoms. The number of tetrazole rings is 1. The van der Waals surface area contributed by atoms with Crippen molar-refractivity contribution >= 4 is 11.9 Å². The molecule has 0 bridgehead atoms. The third-order valence-electron chi connectivity index (χ3n) is 5.84. The van der Waals surface area contributed by atoms with E-state index >= 15 is 0 Å². The first-order chi connectivity index (χ1) is 15.5. The van der Waals surface area contributed by atoms with E-state index in [0.29, 0.717) is 18.8 Å². The van der Waals surface area contributed by atoms with Crippen LogP contribution in [0.1, 0.15) is 45.6 Å². The summed E-state index contributed by atoms with van der Waals surface area (Å²) < 4.78 is 0. The maximum atomic E-state index is 13.0. The second-order valence-electron chi connectivity index (χ2n) is 8.36. The third-order valence-corrected chi connectivity index (χ3v) is 5.84. The molecule has 166 valence electrons. The Morgan fingerprint density at radius 3 is 2.38 bits per heavy atom. The van der Waals surface area contributed by atoms with E-state index in [2.05, 4.69) is 27.5 Å². The molecule has 0 saturated carbocycles. The van der Waals surface area contributed by atoms with Crippen LogP contribution in [-0.2, 0) is 11.3 Å². The van der Waals surface area contributed by atoms with Gasteiger partial charge in [-0.15, -0.1) is 5.10 Å². The van der Waals surface area contributed by atoms with Crippen LogP contribution in [0.3, 0.4) is 0 Å². The Morgan fingerprint density at radius 1 is 1.03 bits per heavy atom. The summed E-state index contributed by atoms with van der Waals surface area (Å²) in [4.78, 5) is 29.0. The summed E-state index contributed by atoms with van der Waals surface area (Å²) in [7, 11) is 0. The molecule has 8 nitrogen and oxygen atoms in total. The van der Waals surface area contributed by atoms with Crippen LogP contribution < -0.4 is 0 Å². The van der Waals surface area contributed by atoms with E-state index in [1.807, 2.05) is 62.4 Å². The first kappa shape index (κ1) is 21.7. The number of carbonyl (C=O) groups excluding carboxylic acids is 2. The maximum Gasteiger partial charge on any atom is 0.327 e. The van der Waals surface area contributed by atoms with Crippen LogP contribution in [0.25, 0.3) is 22.5 Å². The highest BCUT2D eigenvalue weighted by Gasteiger charge is 2.45. The number of hydrogen-bond acceptors (Lipinski definition) is 5. The maximum absolute atomic E-state index is 13.0. The lowest BCUT2D eigenvalue weighted by molar-refractivity contribution is -0.129. The Kier molecular flexibility index (Phi) is 6.30. The number of carbonyl (C=O) groups is 2. The van der Waals surface area contributed by atoms with Crippen LogP contribution in [-0.4, -0.2) is 54.4 Å². The summed E-state index contributed by atoms with van der Waals surface area (Å²) in [6.07, 6.45) is 2.60. The van der Waals surface area contributed by atoms with E-state index in [1.165, 1.54) is 4.90 Å². The minimum absolute atomic E-state index is 0.0790. The zero-order valence-corrected chi connectivity index (χ0v) is 18.7. The molecule has 3 aromatic rings. The van der Waals surface area contributed by atoms with Crippen LogP contribution in [0, 0.1) is 0 Å². The molecule has 2 aromatic carbocycles. The van der Waals surface area contributed by atoms with Gasteiger partial charge in [-0.1, -0.05) is 68.3 Å². The van der Waals surface area contributed by atoms with Crippen LogP contribution in [0.4, 0.5) is 4.79 Å². The Labute approximate surface area is 187 Å². The number of amides is 3. The molecule has 0 radical (unpaired) electrons. The normalized spacial score (nSPS) is 16.4. The standard InChI is InChI=1S/C24H28N6O2/c1-4-5-10-21-23(31)30(16(2)3)24(32)29(21)15-17-11-13-18(14-12-17)19-8-6-7-9-20(19)22-25-27-28-26-22/h6-9,11-14,16,21H,4-5,10,15H2,1-3H3,(H,25,26,27,28). The molecular formula is C24H28N6O2. The number of imide groups is 1. The predicted octanol–water partition coefficient (Wildman–Crippen LogP) is 4.27. The van der Waals surface area contributed by atoms with Gasteiger partial charge in [-0.2, -0.15) is 0 Å². The molecule has 1 N–H and O–H groups in total. The summed E-state index contributed by atoms with van der Waals surface area (Å²) in [6.45, 7) is 6.27. The molecule has 1 unspecified atom stereocenters. The molecule has 32 heavy (non-hydrogen) atoms. The van der Waals surface area contributed by atoms with Gasteiger partial charge in [-0.25, -0.2) is 9.89 Å². The van der Waals surface area contributed by atoms with Gasteiger partial charge in [0.15, 0.2) is 5.82 Å². The number of aromatic amines is 1. The lowest BCUT2D eigenvalue weighted by atomic mass is 9.98. The van der Waals surface area contributed by atoms with Gasteiger partial charge < -0.3 is 4.90 Å². The molecule has 8 heteroatoms. The Hall–Kier alpha value is -3.55. The predicted molar refractivity (Wildman–Crippen MR) is 121 cm³/mol. The molecule has 1 aliphatic heterocycles. The summed E-state index contributed by atoms with van der Waals surface area (Å²) in [6, 6.07) is 15.3. The molecule has 1 saturated heterocycles. The minimum atomic E-state index is -0.385. The molecule has 1 aromatic heterocycles. The fourth-order valence-electron chi connectivity index (χ4n) is 4.19. The SMILES string of the molecule is CCCCC1C(=O)N(C(C)C)C(=O)N1Cc1ccc(-c2ccccc2-c2nnn[nH]2)cc1. The first-order valence-corrected chi connectivity index (χ1v) is 11.1. The van der Waals surface area contributed by atoms with Crippen molar-refractivity contribution in [1.29, 1.82) is 0 Å². The highest BCUT2D eigenvalue weighted by Crippen LogP contribution is 2.31. The van der Waals surface area contributed by atoms with Crippen molar-refractivity contribution in [3.63, 3.8) is 0 Å². The Bertz CT molecular complexity index is 1080. The zero-order chi connectivity index (χ0) is 22.7. The number of nitrogens with one attached hydrogen (secondary N) is 1. The Balaban J connectivity index is 1.57. The molecule has 2 heterocycles. The number of aromatic nitrogens is 4. The smallest absolute Gasteiger partial charge is 0.308 e. The molecular weight excluding hydrogens is 404 g/mol. The van der Waals surface area contributed by atoms with Gasteiger partial charge in [-0.05, 0) is 47.4 Å². The number of unbranched alkanes of at least 4 members (excludes halogenated alkanes) is 1. The number of H-pyrrole nitrogens is 1. The summed E-state index contributed by atoms with van der Waals surface area (Å²) in [5, 5.41) is 14.2. The van der Waals surface area contributed by atoms with Gasteiger partial charge in [0.25, 0.3) is 5.91 Å². The number of nitrogens with zero attached hydrogens (tertiary/aromatic N) is 5. The van der Waals surface area contributed by atoms with Crippen LogP contribution in [0.5, 0.6) is 0 Å². The van der Waals surface area contributed by atoms with Gasteiger partial charge in [0.05, 0.1) is 0 Å². The zero-order valence-electron chi connectivity index (χ0n) is 18.7. The van der Waals surface area contributed by atoms with Crippen LogP contribution in [0.2, 0.25) is 0 Å². The lowest BCUT2D eigenvalue weighted by Crippen LogP contribution is -2.37. The van der Waals surface area contributed by atoms with Crippen LogP contribution >= 0.6 is 0 Å². The van der Waals surface area contributed by atoms with Gasteiger partial charge in [0.2, 0.25) is 0 Å². The van der Waals surface area contributed by atoms with E-state index < -0.39 is 0 Å². The minimum Gasteiger partial charge on any atom is -0.308 e. The van der Waals surface area contributed by atoms with Crippen molar-refractivity contribution in [2.45, 2.75) is 58.7 Å². The van der Waals surface area contributed by atoms with E-state index in [0.717, 1.165) is 35.1 Å². The van der Waals surface area contributed by atoms with E-state index in [1.54, 1.807) is 4.90 Å². The monoisotopic (exact) mass is 432 g/mol. The van der Waals surface area contributed by atoms with E-state index in [4.69, 9.17) is 0 Å². The molecule has 1 fully saturated rings.